The topological polar surface area (TPSA) is 69.2 Å². The highest BCUT2D eigenvalue weighted by Crippen LogP contribution is 2.27. The van der Waals surface area contributed by atoms with Crippen molar-refractivity contribution in [3.63, 3.8) is 0 Å². The monoisotopic (exact) mass is 429 g/mol. The second-order valence-corrected chi connectivity index (χ2v) is 8.63. The van der Waals surface area contributed by atoms with Crippen LogP contribution in [-0.4, -0.2) is 75.3 Å². The summed E-state index contributed by atoms with van der Waals surface area (Å²) >= 11 is 0. The number of rotatable bonds is 9. The zero-order valence-corrected chi connectivity index (χ0v) is 19.4. The molecule has 1 atom stereocenters. The Morgan fingerprint density at radius 3 is 2.68 bits per heavy atom. The molecule has 0 aromatic heterocycles. The van der Waals surface area contributed by atoms with Crippen LogP contribution >= 0.6 is 0 Å². The molecule has 2 aliphatic rings. The van der Waals surface area contributed by atoms with Gasteiger partial charge in [0.15, 0.2) is 5.96 Å². The van der Waals surface area contributed by atoms with Crippen LogP contribution in [0.25, 0.3) is 0 Å². The molecule has 0 aliphatic carbocycles. The molecule has 1 amide bonds. The number of carbonyl (C=O) groups is 1. The summed E-state index contributed by atoms with van der Waals surface area (Å²) < 4.78 is 5.50. The number of amides is 1. The SMILES string of the molecule is CCNC(=NCC(C(C)C)N1CCOCC1)NCCCC(=O)N1CCc2ccccc21. The largest absolute Gasteiger partial charge is 0.379 e. The summed E-state index contributed by atoms with van der Waals surface area (Å²) in [4.78, 5) is 22.0. The fourth-order valence-corrected chi connectivity index (χ4v) is 4.36. The summed E-state index contributed by atoms with van der Waals surface area (Å²) in [6.45, 7) is 13.3. The average Bonchev–Trinajstić information content (AvgIpc) is 3.21. The van der Waals surface area contributed by atoms with E-state index in [0.717, 1.165) is 77.0 Å². The Balaban J connectivity index is 1.46. The van der Waals surface area contributed by atoms with Crippen LogP contribution in [0.15, 0.2) is 29.3 Å². The number of benzene rings is 1. The quantitative estimate of drug-likeness (QED) is 0.358. The molecule has 0 spiro atoms. The van der Waals surface area contributed by atoms with Gasteiger partial charge in [0.25, 0.3) is 0 Å². The van der Waals surface area contributed by atoms with Crippen LogP contribution in [0.1, 0.15) is 39.2 Å². The van der Waals surface area contributed by atoms with Crippen LogP contribution in [0.3, 0.4) is 0 Å². The van der Waals surface area contributed by atoms with Gasteiger partial charge in [0.2, 0.25) is 5.91 Å². The van der Waals surface area contributed by atoms with E-state index < -0.39 is 0 Å². The molecule has 172 valence electrons. The predicted octanol–water partition coefficient (Wildman–Crippen LogP) is 2.27. The van der Waals surface area contributed by atoms with E-state index in [1.807, 2.05) is 23.1 Å². The number of hydrogen-bond donors (Lipinski definition) is 2. The number of anilines is 1. The van der Waals surface area contributed by atoms with Crippen molar-refractivity contribution in [1.29, 1.82) is 0 Å². The van der Waals surface area contributed by atoms with Crippen molar-refractivity contribution in [1.82, 2.24) is 15.5 Å². The van der Waals surface area contributed by atoms with Gasteiger partial charge in [-0.05, 0) is 37.3 Å². The first-order valence-corrected chi connectivity index (χ1v) is 11.8. The van der Waals surface area contributed by atoms with Gasteiger partial charge < -0.3 is 20.3 Å². The van der Waals surface area contributed by atoms with Crippen molar-refractivity contribution in [2.45, 2.75) is 46.1 Å². The van der Waals surface area contributed by atoms with E-state index in [1.54, 1.807) is 0 Å². The third-order valence-corrected chi connectivity index (χ3v) is 6.11. The maximum atomic E-state index is 12.7. The summed E-state index contributed by atoms with van der Waals surface area (Å²) in [5, 5.41) is 6.74. The minimum Gasteiger partial charge on any atom is -0.379 e. The molecule has 7 nitrogen and oxygen atoms in total. The molecule has 1 fully saturated rings. The highest BCUT2D eigenvalue weighted by molar-refractivity contribution is 5.95. The van der Waals surface area contributed by atoms with Gasteiger partial charge in [0.05, 0.1) is 19.8 Å². The lowest BCUT2D eigenvalue weighted by molar-refractivity contribution is -0.118. The number of hydrogen-bond acceptors (Lipinski definition) is 4. The molecule has 3 rings (SSSR count). The number of fused-ring (bicyclic) bond motifs is 1. The first-order valence-electron chi connectivity index (χ1n) is 11.8. The molecule has 31 heavy (non-hydrogen) atoms. The Morgan fingerprint density at radius 1 is 1.16 bits per heavy atom. The molecule has 0 bridgehead atoms. The fraction of sp³-hybridized carbons (Fsp3) is 0.667. The number of nitrogens with one attached hydrogen (secondary N) is 2. The standard InChI is InChI=1S/C24H39N5O2/c1-4-25-24(27-18-22(19(2)3)28-14-16-31-17-15-28)26-12-7-10-23(30)29-13-11-20-8-5-6-9-21(20)29/h5-6,8-9,19,22H,4,7,10-18H2,1-3H3,(H2,25,26,27). The summed E-state index contributed by atoms with van der Waals surface area (Å²) in [6.07, 6.45) is 2.29. The number of ether oxygens (including phenoxy) is 1. The van der Waals surface area contributed by atoms with E-state index in [0.29, 0.717) is 18.4 Å². The molecule has 2 N–H and O–H groups in total. The third-order valence-electron chi connectivity index (χ3n) is 6.11. The lowest BCUT2D eigenvalue weighted by Gasteiger charge is -2.36. The summed E-state index contributed by atoms with van der Waals surface area (Å²) in [5.74, 6) is 1.58. The highest BCUT2D eigenvalue weighted by atomic mass is 16.5. The number of guanidine groups is 1. The average molecular weight is 430 g/mol. The molecule has 1 saturated heterocycles. The van der Waals surface area contributed by atoms with Crippen molar-refractivity contribution in [3.05, 3.63) is 29.8 Å². The molecular weight excluding hydrogens is 390 g/mol. The highest BCUT2D eigenvalue weighted by Gasteiger charge is 2.24. The van der Waals surface area contributed by atoms with E-state index in [-0.39, 0.29) is 5.91 Å². The summed E-state index contributed by atoms with van der Waals surface area (Å²) in [7, 11) is 0. The molecule has 2 heterocycles. The van der Waals surface area contributed by atoms with Gasteiger partial charge in [0.1, 0.15) is 0 Å². The second kappa shape index (κ2) is 12.1. The molecule has 1 aromatic rings. The first-order chi connectivity index (χ1) is 15.1. The van der Waals surface area contributed by atoms with Gasteiger partial charge in [-0.3, -0.25) is 14.7 Å². The zero-order valence-electron chi connectivity index (χ0n) is 19.4. The third kappa shape index (κ3) is 6.68. The normalized spacial score (nSPS) is 18.2. The van der Waals surface area contributed by atoms with Gasteiger partial charge >= 0.3 is 0 Å². The summed E-state index contributed by atoms with van der Waals surface area (Å²) in [5.41, 5.74) is 2.36. The minimum absolute atomic E-state index is 0.209. The number of carbonyl (C=O) groups excluding carboxylic acids is 1. The number of para-hydroxylation sites is 1. The van der Waals surface area contributed by atoms with Gasteiger partial charge in [-0.2, -0.15) is 0 Å². The van der Waals surface area contributed by atoms with E-state index >= 15 is 0 Å². The fourth-order valence-electron chi connectivity index (χ4n) is 4.36. The van der Waals surface area contributed by atoms with Crippen LogP contribution in [0.2, 0.25) is 0 Å². The second-order valence-electron chi connectivity index (χ2n) is 8.63. The van der Waals surface area contributed by atoms with Crippen LogP contribution < -0.4 is 15.5 Å². The zero-order chi connectivity index (χ0) is 22.1. The van der Waals surface area contributed by atoms with E-state index in [4.69, 9.17) is 9.73 Å². The Kier molecular flexibility index (Phi) is 9.15. The molecule has 0 radical (unpaired) electrons. The Morgan fingerprint density at radius 2 is 1.94 bits per heavy atom. The summed E-state index contributed by atoms with van der Waals surface area (Å²) in [6, 6.07) is 8.63. The van der Waals surface area contributed by atoms with Crippen LogP contribution in [0.4, 0.5) is 5.69 Å². The number of morpholine rings is 1. The van der Waals surface area contributed by atoms with Gasteiger partial charge in [-0.1, -0.05) is 32.0 Å². The first kappa shape index (κ1) is 23.5. The van der Waals surface area contributed by atoms with Crippen LogP contribution in [0, 0.1) is 5.92 Å². The molecule has 1 unspecified atom stereocenters. The van der Waals surface area contributed by atoms with E-state index in [9.17, 15) is 4.79 Å². The van der Waals surface area contributed by atoms with Crippen molar-refractivity contribution >= 4 is 17.6 Å². The van der Waals surface area contributed by atoms with Crippen molar-refractivity contribution < 1.29 is 9.53 Å². The van der Waals surface area contributed by atoms with Gasteiger partial charge in [0, 0.05) is 50.9 Å². The lowest BCUT2D eigenvalue weighted by Crippen LogP contribution is -2.48. The maximum absolute atomic E-state index is 12.7. The predicted molar refractivity (Wildman–Crippen MR) is 127 cm³/mol. The van der Waals surface area contributed by atoms with Crippen LogP contribution in [0.5, 0.6) is 0 Å². The minimum atomic E-state index is 0.209. The lowest BCUT2D eigenvalue weighted by atomic mass is 10.0. The molecule has 0 saturated carbocycles. The maximum Gasteiger partial charge on any atom is 0.227 e. The Hall–Kier alpha value is -2.12. The van der Waals surface area contributed by atoms with E-state index in [2.05, 4.69) is 42.4 Å². The van der Waals surface area contributed by atoms with Crippen molar-refractivity contribution in [3.8, 4) is 0 Å². The van der Waals surface area contributed by atoms with Crippen molar-refractivity contribution in [2.24, 2.45) is 10.9 Å². The van der Waals surface area contributed by atoms with Gasteiger partial charge in [-0.15, -0.1) is 0 Å². The number of aliphatic imine (C=N–C) groups is 1. The van der Waals surface area contributed by atoms with Crippen LogP contribution in [-0.2, 0) is 16.0 Å². The molecule has 1 aromatic carbocycles. The van der Waals surface area contributed by atoms with E-state index in [1.165, 1.54) is 5.56 Å². The van der Waals surface area contributed by atoms with Crippen molar-refractivity contribution in [2.75, 3.05) is 57.4 Å². The van der Waals surface area contributed by atoms with Gasteiger partial charge in [-0.25, -0.2) is 0 Å². The molecule has 2 aliphatic heterocycles. The Bertz CT molecular complexity index is 730. The Labute approximate surface area is 187 Å². The molecular formula is C24H39N5O2. The smallest absolute Gasteiger partial charge is 0.227 e. The number of nitrogens with zero attached hydrogens (tertiary/aromatic N) is 3. The molecule has 7 heteroatoms.